The summed E-state index contributed by atoms with van der Waals surface area (Å²) in [5.41, 5.74) is 0.131. The number of halogens is 2. The SMILES string of the molecule is O=C(CCN1C(=O)[C@@H]2CCCC[C@H]2C1=O)Nc1ccc(F)c(F)c1. The molecule has 0 bridgehead atoms. The molecule has 0 radical (unpaired) electrons. The van der Waals surface area contributed by atoms with Crippen molar-refractivity contribution in [3.8, 4) is 0 Å². The lowest BCUT2D eigenvalue weighted by Crippen LogP contribution is -2.34. The molecule has 1 N–H and O–H groups in total. The van der Waals surface area contributed by atoms with E-state index < -0.39 is 17.5 Å². The van der Waals surface area contributed by atoms with Crippen molar-refractivity contribution < 1.29 is 23.2 Å². The molecule has 1 aliphatic heterocycles. The highest BCUT2D eigenvalue weighted by molar-refractivity contribution is 6.05. The summed E-state index contributed by atoms with van der Waals surface area (Å²) in [5, 5.41) is 2.43. The van der Waals surface area contributed by atoms with E-state index in [-0.39, 0.29) is 42.3 Å². The van der Waals surface area contributed by atoms with Gasteiger partial charge in [0.25, 0.3) is 0 Å². The Morgan fingerprint density at radius 1 is 1.08 bits per heavy atom. The number of anilines is 1. The van der Waals surface area contributed by atoms with Crippen LogP contribution in [-0.2, 0) is 14.4 Å². The molecule has 2 aliphatic rings. The van der Waals surface area contributed by atoms with Crippen LogP contribution in [0.5, 0.6) is 0 Å². The van der Waals surface area contributed by atoms with E-state index in [2.05, 4.69) is 5.32 Å². The van der Waals surface area contributed by atoms with Crippen LogP contribution >= 0.6 is 0 Å². The molecule has 5 nitrogen and oxygen atoms in total. The Kier molecular flexibility index (Phi) is 4.59. The van der Waals surface area contributed by atoms with E-state index in [0.29, 0.717) is 0 Å². The second-order valence-corrected chi connectivity index (χ2v) is 6.25. The highest BCUT2D eigenvalue weighted by atomic mass is 19.2. The molecule has 0 unspecified atom stereocenters. The number of rotatable bonds is 4. The summed E-state index contributed by atoms with van der Waals surface area (Å²) in [7, 11) is 0. The number of benzene rings is 1. The lowest BCUT2D eigenvalue weighted by molar-refractivity contribution is -0.140. The standard InChI is InChI=1S/C17H18F2N2O3/c18-13-6-5-10(9-14(13)19)20-15(22)7-8-21-16(23)11-3-1-2-4-12(11)17(21)24/h5-6,9,11-12H,1-4,7-8H2,(H,20,22)/t11-,12-/m1/s1. The average molecular weight is 336 g/mol. The quantitative estimate of drug-likeness (QED) is 0.859. The first-order valence-electron chi connectivity index (χ1n) is 8.07. The van der Waals surface area contributed by atoms with E-state index in [9.17, 15) is 23.2 Å². The van der Waals surface area contributed by atoms with Gasteiger partial charge in [-0.25, -0.2) is 8.78 Å². The zero-order valence-corrected chi connectivity index (χ0v) is 13.1. The van der Waals surface area contributed by atoms with Crippen LogP contribution in [0.3, 0.4) is 0 Å². The van der Waals surface area contributed by atoms with Gasteiger partial charge in [-0.3, -0.25) is 19.3 Å². The minimum atomic E-state index is -1.05. The molecule has 1 aliphatic carbocycles. The van der Waals surface area contributed by atoms with E-state index in [1.54, 1.807) is 0 Å². The lowest BCUT2D eigenvalue weighted by Gasteiger charge is -2.19. The van der Waals surface area contributed by atoms with Crippen molar-refractivity contribution in [3.63, 3.8) is 0 Å². The molecule has 1 aromatic carbocycles. The Balaban J connectivity index is 1.57. The van der Waals surface area contributed by atoms with Gasteiger partial charge in [0.2, 0.25) is 17.7 Å². The van der Waals surface area contributed by atoms with Crippen molar-refractivity contribution in [1.29, 1.82) is 0 Å². The number of carbonyl (C=O) groups excluding carboxylic acids is 3. The normalized spacial score (nSPS) is 23.3. The molecular weight excluding hydrogens is 318 g/mol. The average Bonchev–Trinajstić information content (AvgIpc) is 2.81. The molecule has 2 fully saturated rings. The summed E-state index contributed by atoms with van der Waals surface area (Å²) in [6.45, 7) is 0.0141. The highest BCUT2D eigenvalue weighted by Crippen LogP contribution is 2.37. The van der Waals surface area contributed by atoms with Gasteiger partial charge in [0.15, 0.2) is 11.6 Å². The summed E-state index contributed by atoms with van der Waals surface area (Å²) < 4.78 is 26.0. The number of nitrogens with zero attached hydrogens (tertiary/aromatic N) is 1. The third-order valence-corrected chi connectivity index (χ3v) is 4.70. The topological polar surface area (TPSA) is 66.5 Å². The largest absolute Gasteiger partial charge is 0.326 e. The maximum Gasteiger partial charge on any atom is 0.233 e. The van der Waals surface area contributed by atoms with Crippen LogP contribution in [0.2, 0.25) is 0 Å². The van der Waals surface area contributed by atoms with Crippen LogP contribution in [0.1, 0.15) is 32.1 Å². The Hall–Kier alpha value is -2.31. The third kappa shape index (κ3) is 3.16. The molecule has 2 atom stereocenters. The summed E-state index contributed by atoms with van der Waals surface area (Å²) in [4.78, 5) is 37.7. The molecule has 3 amide bonds. The fourth-order valence-corrected chi connectivity index (χ4v) is 3.46. The van der Waals surface area contributed by atoms with Crippen LogP contribution in [0.25, 0.3) is 0 Å². The van der Waals surface area contributed by atoms with Gasteiger partial charge < -0.3 is 5.32 Å². The van der Waals surface area contributed by atoms with E-state index in [1.807, 2.05) is 0 Å². The number of carbonyl (C=O) groups is 3. The van der Waals surface area contributed by atoms with Crippen LogP contribution in [0, 0.1) is 23.5 Å². The van der Waals surface area contributed by atoms with Crippen molar-refractivity contribution in [3.05, 3.63) is 29.8 Å². The van der Waals surface area contributed by atoms with Crippen molar-refractivity contribution in [1.82, 2.24) is 4.90 Å². The van der Waals surface area contributed by atoms with Crippen molar-refractivity contribution in [2.24, 2.45) is 11.8 Å². The van der Waals surface area contributed by atoms with E-state index in [1.165, 1.54) is 11.0 Å². The van der Waals surface area contributed by atoms with Crippen LogP contribution in [0.4, 0.5) is 14.5 Å². The van der Waals surface area contributed by atoms with Gasteiger partial charge in [0.05, 0.1) is 11.8 Å². The number of likely N-dealkylation sites (tertiary alicyclic amines) is 1. The number of hydrogen-bond acceptors (Lipinski definition) is 3. The van der Waals surface area contributed by atoms with Crippen LogP contribution in [0.15, 0.2) is 18.2 Å². The Labute approximate surface area is 138 Å². The van der Waals surface area contributed by atoms with E-state index in [0.717, 1.165) is 37.8 Å². The van der Waals surface area contributed by atoms with Gasteiger partial charge in [-0.15, -0.1) is 0 Å². The monoisotopic (exact) mass is 336 g/mol. The molecule has 1 saturated heterocycles. The smallest absolute Gasteiger partial charge is 0.233 e. The first-order chi connectivity index (χ1) is 11.5. The number of imide groups is 1. The number of amides is 3. The fourth-order valence-electron chi connectivity index (χ4n) is 3.46. The first-order valence-corrected chi connectivity index (χ1v) is 8.07. The predicted octanol–water partition coefficient (Wildman–Crippen LogP) is 2.47. The van der Waals surface area contributed by atoms with Gasteiger partial charge in [-0.05, 0) is 25.0 Å². The molecule has 3 rings (SSSR count). The Morgan fingerprint density at radius 2 is 1.71 bits per heavy atom. The summed E-state index contributed by atoms with van der Waals surface area (Å²) >= 11 is 0. The zero-order valence-electron chi connectivity index (χ0n) is 13.1. The van der Waals surface area contributed by atoms with Crippen LogP contribution in [-0.4, -0.2) is 29.2 Å². The number of hydrogen-bond donors (Lipinski definition) is 1. The molecule has 128 valence electrons. The van der Waals surface area contributed by atoms with Crippen molar-refractivity contribution in [2.75, 3.05) is 11.9 Å². The van der Waals surface area contributed by atoms with Gasteiger partial charge in [-0.1, -0.05) is 12.8 Å². The second kappa shape index (κ2) is 6.67. The number of fused-ring (bicyclic) bond motifs is 1. The minimum Gasteiger partial charge on any atom is -0.326 e. The molecule has 0 spiro atoms. The third-order valence-electron chi connectivity index (χ3n) is 4.70. The molecule has 24 heavy (non-hydrogen) atoms. The molecule has 1 aromatic rings. The van der Waals surface area contributed by atoms with Crippen molar-refractivity contribution in [2.45, 2.75) is 32.1 Å². The fraction of sp³-hybridized carbons (Fsp3) is 0.471. The molecular formula is C17H18F2N2O3. The van der Waals surface area contributed by atoms with Gasteiger partial charge in [-0.2, -0.15) is 0 Å². The molecule has 7 heteroatoms. The minimum absolute atomic E-state index is 0.0141. The van der Waals surface area contributed by atoms with Crippen molar-refractivity contribution >= 4 is 23.4 Å². The maximum absolute atomic E-state index is 13.1. The zero-order chi connectivity index (χ0) is 17.3. The first kappa shape index (κ1) is 16.5. The second-order valence-electron chi connectivity index (χ2n) is 6.25. The van der Waals surface area contributed by atoms with Gasteiger partial charge in [0.1, 0.15) is 0 Å². The maximum atomic E-state index is 13.1. The van der Waals surface area contributed by atoms with E-state index >= 15 is 0 Å². The summed E-state index contributed by atoms with van der Waals surface area (Å²) in [6.07, 6.45) is 3.28. The summed E-state index contributed by atoms with van der Waals surface area (Å²) in [5.74, 6) is -3.36. The Morgan fingerprint density at radius 3 is 2.29 bits per heavy atom. The van der Waals surface area contributed by atoms with Crippen LogP contribution < -0.4 is 5.32 Å². The Bertz CT molecular complexity index is 668. The molecule has 0 aromatic heterocycles. The summed E-state index contributed by atoms with van der Waals surface area (Å²) in [6, 6.07) is 3.05. The number of nitrogens with one attached hydrogen (secondary N) is 1. The molecule has 1 saturated carbocycles. The van der Waals surface area contributed by atoms with Gasteiger partial charge >= 0.3 is 0 Å². The highest BCUT2D eigenvalue weighted by Gasteiger charge is 2.47. The molecule has 1 heterocycles. The van der Waals surface area contributed by atoms with E-state index in [4.69, 9.17) is 0 Å². The lowest BCUT2D eigenvalue weighted by atomic mass is 9.81. The predicted molar refractivity (Wildman–Crippen MR) is 81.8 cm³/mol. The van der Waals surface area contributed by atoms with Gasteiger partial charge in [0, 0.05) is 24.7 Å².